The molecule has 1 unspecified atom stereocenters. The fraction of sp³-hybridized carbons (Fsp3) is 0.533. The lowest BCUT2D eigenvalue weighted by molar-refractivity contribution is 0.0971. The molecular weight excluding hydrogens is 254 g/mol. The molecule has 1 atom stereocenters. The summed E-state index contributed by atoms with van der Waals surface area (Å²) in [6.45, 7) is 8.15. The molecule has 1 aliphatic heterocycles. The highest BCUT2D eigenvalue weighted by Gasteiger charge is 2.20. The van der Waals surface area contributed by atoms with Crippen LogP contribution < -0.4 is 20.1 Å². The van der Waals surface area contributed by atoms with Gasteiger partial charge in [0, 0.05) is 12.6 Å². The van der Waals surface area contributed by atoms with Gasteiger partial charge in [0.25, 0.3) is 0 Å². The Balaban J connectivity index is 1.93. The summed E-state index contributed by atoms with van der Waals surface area (Å²) in [5.41, 5.74) is 0. The number of hydrogen-bond acceptors (Lipinski definition) is 3. The van der Waals surface area contributed by atoms with Gasteiger partial charge in [0.15, 0.2) is 23.6 Å². The lowest BCUT2D eigenvalue weighted by Gasteiger charge is -2.25. The van der Waals surface area contributed by atoms with E-state index in [1.54, 1.807) is 0 Å². The van der Waals surface area contributed by atoms with Gasteiger partial charge in [0.1, 0.15) is 6.61 Å². The van der Waals surface area contributed by atoms with Gasteiger partial charge in [0.2, 0.25) is 0 Å². The van der Waals surface area contributed by atoms with E-state index in [9.17, 15) is 0 Å². The number of hydrogen-bond donors (Lipinski definition) is 2. The molecule has 0 saturated carbocycles. The van der Waals surface area contributed by atoms with Crippen LogP contribution in [-0.4, -0.2) is 37.8 Å². The van der Waals surface area contributed by atoms with Crippen LogP contribution in [-0.2, 0) is 0 Å². The second kappa shape index (κ2) is 7.03. The lowest BCUT2D eigenvalue weighted by atomic mass is 10.2. The van der Waals surface area contributed by atoms with E-state index in [1.807, 2.05) is 31.2 Å². The molecule has 5 nitrogen and oxygen atoms in total. The first kappa shape index (κ1) is 14.5. The van der Waals surface area contributed by atoms with Gasteiger partial charge >= 0.3 is 0 Å². The van der Waals surface area contributed by atoms with Crippen molar-refractivity contribution < 1.29 is 9.47 Å². The van der Waals surface area contributed by atoms with E-state index in [1.165, 1.54) is 0 Å². The van der Waals surface area contributed by atoms with Gasteiger partial charge in [-0.05, 0) is 32.9 Å². The maximum atomic E-state index is 5.88. The molecule has 20 heavy (non-hydrogen) atoms. The number of rotatable bonds is 4. The highest BCUT2D eigenvalue weighted by molar-refractivity contribution is 5.80. The predicted molar refractivity (Wildman–Crippen MR) is 80.6 cm³/mol. The van der Waals surface area contributed by atoms with Crippen LogP contribution in [0.1, 0.15) is 20.8 Å². The van der Waals surface area contributed by atoms with Crippen molar-refractivity contribution in [3.8, 4) is 11.5 Å². The van der Waals surface area contributed by atoms with Crippen LogP contribution in [0.15, 0.2) is 29.3 Å². The smallest absolute Gasteiger partial charge is 0.191 e. The SMILES string of the molecule is CCNC(=NCC1COc2ccccc2O1)NC(C)C. The monoisotopic (exact) mass is 277 g/mol. The molecule has 0 spiro atoms. The molecule has 2 rings (SSSR count). The Bertz CT molecular complexity index is 460. The van der Waals surface area contributed by atoms with Gasteiger partial charge in [-0.25, -0.2) is 4.99 Å². The fourth-order valence-electron chi connectivity index (χ4n) is 1.94. The van der Waals surface area contributed by atoms with E-state index in [-0.39, 0.29) is 6.10 Å². The Morgan fingerprint density at radius 2 is 2.10 bits per heavy atom. The number of aliphatic imine (C=N–C) groups is 1. The van der Waals surface area contributed by atoms with Crippen LogP contribution in [0.5, 0.6) is 11.5 Å². The number of guanidine groups is 1. The van der Waals surface area contributed by atoms with E-state index < -0.39 is 0 Å². The van der Waals surface area contributed by atoms with Gasteiger partial charge < -0.3 is 20.1 Å². The summed E-state index contributed by atoms with van der Waals surface area (Å²) in [6.07, 6.45) is -0.0486. The normalized spacial score (nSPS) is 18.0. The average Bonchev–Trinajstić information content (AvgIpc) is 2.44. The van der Waals surface area contributed by atoms with E-state index in [4.69, 9.17) is 9.47 Å². The Labute approximate surface area is 120 Å². The van der Waals surface area contributed by atoms with Crippen molar-refractivity contribution in [3.63, 3.8) is 0 Å². The minimum Gasteiger partial charge on any atom is -0.486 e. The van der Waals surface area contributed by atoms with Gasteiger partial charge in [-0.1, -0.05) is 12.1 Å². The average molecular weight is 277 g/mol. The number of fused-ring (bicyclic) bond motifs is 1. The van der Waals surface area contributed by atoms with E-state index >= 15 is 0 Å². The van der Waals surface area contributed by atoms with Crippen molar-refractivity contribution in [2.24, 2.45) is 4.99 Å². The number of nitrogens with zero attached hydrogens (tertiary/aromatic N) is 1. The molecule has 0 aromatic heterocycles. The lowest BCUT2D eigenvalue weighted by Crippen LogP contribution is -2.42. The van der Waals surface area contributed by atoms with Crippen LogP contribution in [0, 0.1) is 0 Å². The van der Waals surface area contributed by atoms with Crippen molar-refractivity contribution in [2.75, 3.05) is 19.7 Å². The number of para-hydroxylation sites is 2. The third-order valence-electron chi connectivity index (χ3n) is 2.79. The van der Waals surface area contributed by atoms with Crippen LogP contribution >= 0.6 is 0 Å². The summed E-state index contributed by atoms with van der Waals surface area (Å²) < 4.78 is 11.6. The third-order valence-corrected chi connectivity index (χ3v) is 2.79. The summed E-state index contributed by atoms with van der Waals surface area (Å²) >= 11 is 0. The zero-order chi connectivity index (χ0) is 14.4. The molecule has 0 saturated heterocycles. The predicted octanol–water partition coefficient (Wildman–Crippen LogP) is 1.79. The highest BCUT2D eigenvalue weighted by Crippen LogP contribution is 2.30. The summed E-state index contributed by atoms with van der Waals surface area (Å²) in [5.74, 6) is 2.41. The van der Waals surface area contributed by atoms with Crippen LogP contribution in [0.2, 0.25) is 0 Å². The van der Waals surface area contributed by atoms with Gasteiger partial charge in [-0.3, -0.25) is 0 Å². The van der Waals surface area contributed by atoms with Crippen molar-refractivity contribution in [1.82, 2.24) is 10.6 Å². The van der Waals surface area contributed by atoms with Gasteiger partial charge in [-0.15, -0.1) is 0 Å². The molecule has 0 bridgehead atoms. The molecule has 110 valence electrons. The van der Waals surface area contributed by atoms with Crippen LogP contribution in [0.4, 0.5) is 0 Å². The quantitative estimate of drug-likeness (QED) is 0.651. The number of benzene rings is 1. The minimum atomic E-state index is -0.0486. The van der Waals surface area contributed by atoms with Gasteiger partial charge in [-0.2, -0.15) is 0 Å². The maximum Gasteiger partial charge on any atom is 0.191 e. The standard InChI is InChI=1S/C15H23N3O2/c1-4-16-15(18-11(2)3)17-9-12-10-19-13-7-5-6-8-14(13)20-12/h5-8,11-12H,4,9-10H2,1-3H3,(H2,16,17,18). The largest absolute Gasteiger partial charge is 0.486 e. The number of nitrogens with one attached hydrogen (secondary N) is 2. The summed E-state index contributed by atoms with van der Waals surface area (Å²) in [6, 6.07) is 8.06. The molecule has 2 N–H and O–H groups in total. The molecule has 5 heteroatoms. The first-order chi connectivity index (χ1) is 9.69. The molecular formula is C15H23N3O2. The molecule has 1 heterocycles. The van der Waals surface area contributed by atoms with Gasteiger partial charge in [0.05, 0.1) is 6.54 Å². The molecule has 1 aromatic carbocycles. The van der Waals surface area contributed by atoms with E-state index in [0.29, 0.717) is 19.2 Å². The van der Waals surface area contributed by atoms with E-state index in [0.717, 1.165) is 24.0 Å². The maximum absolute atomic E-state index is 5.88. The van der Waals surface area contributed by atoms with Crippen molar-refractivity contribution in [2.45, 2.75) is 32.9 Å². The summed E-state index contributed by atoms with van der Waals surface area (Å²) in [7, 11) is 0. The Hall–Kier alpha value is -1.91. The topological polar surface area (TPSA) is 54.9 Å². The van der Waals surface area contributed by atoms with Crippen molar-refractivity contribution in [1.29, 1.82) is 0 Å². The summed E-state index contributed by atoms with van der Waals surface area (Å²) in [4.78, 5) is 4.54. The zero-order valence-corrected chi connectivity index (χ0v) is 12.3. The highest BCUT2D eigenvalue weighted by atomic mass is 16.6. The van der Waals surface area contributed by atoms with Crippen molar-refractivity contribution in [3.05, 3.63) is 24.3 Å². The molecule has 0 amide bonds. The molecule has 1 aromatic rings. The van der Waals surface area contributed by atoms with Crippen LogP contribution in [0.25, 0.3) is 0 Å². The fourth-order valence-corrected chi connectivity index (χ4v) is 1.94. The van der Waals surface area contributed by atoms with Crippen LogP contribution in [0.3, 0.4) is 0 Å². The third kappa shape index (κ3) is 4.05. The second-order valence-electron chi connectivity index (χ2n) is 5.02. The first-order valence-corrected chi connectivity index (χ1v) is 7.12. The molecule has 0 radical (unpaired) electrons. The molecule has 0 aliphatic carbocycles. The first-order valence-electron chi connectivity index (χ1n) is 7.12. The zero-order valence-electron chi connectivity index (χ0n) is 12.3. The Kier molecular flexibility index (Phi) is 5.09. The number of ether oxygens (including phenoxy) is 2. The Morgan fingerprint density at radius 3 is 2.80 bits per heavy atom. The second-order valence-corrected chi connectivity index (χ2v) is 5.02. The molecule has 1 aliphatic rings. The summed E-state index contributed by atoms with van der Waals surface area (Å²) in [5, 5.41) is 6.50. The van der Waals surface area contributed by atoms with Crippen molar-refractivity contribution >= 4 is 5.96 Å². The Morgan fingerprint density at radius 1 is 1.35 bits per heavy atom. The van der Waals surface area contributed by atoms with E-state index in [2.05, 4.69) is 29.5 Å². The molecule has 0 fully saturated rings. The minimum absolute atomic E-state index is 0.0486.